The van der Waals surface area contributed by atoms with Gasteiger partial charge in [-0.15, -0.1) is 0 Å². The van der Waals surface area contributed by atoms with Crippen LogP contribution in [-0.4, -0.2) is 48.0 Å². The van der Waals surface area contributed by atoms with Crippen LogP contribution in [0, 0.1) is 0 Å². The number of amides is 1. The zero-order chi connectivity index (χ0) is 12.8. The number of ether oxygens (including phenoxy) is 1. The number of rotatable bonds is 5. The van der Waals surface area contributed by atoms with Gasteiger partial charge in [0.15, 0.2) is 0 Å². The second kappa shape index (κ2) is 6.78. The van der Waals surface area contributed by atoms with Gasteiger partial charge in [-0.2, -0.15) is 11.8 Å². The van der Waals surface area contributed by atoms with Gasteiger partial charge in [-0.1, -0.05) is 0 Å². The van der Waals surface area contributed by atoms with E-state index in [0.717, 1.165) is 12.0 Å². The van der Waals surface area contributed by atoms with Crippen molar-refractivity contribution in [3.8, 4) is 0 Å². The van der Waals surface area contributed by atoms with E-state index in [0.29, 0.717) is 6.42 Å². The van der Waals surface area contributed by atoms with Crippen LogP contribution in [0.25, 0.3) is 0 Å². The maximum Gasteiger partial charge on any atom is 0.410 e. The van der Waals surface area contributed by atoms with Crippen LogP contribution in [-0.2, 0) is 9.53 Å². The molecule has 0 radical (unpaired) electrons. The lowest BCUT2D eigenvalue weighted by Crippen LogP contribution is -2.41. The van der Waals surface area contributed by atoms with Gasteiger partial charge in [0.25, 0.3) is 0 Å². The summed E-state index contributed by atoms with van der Waals surface area (Å²) < 4.78 is 5.18. The van der Waals surface area contributed by atoms with Crippen LogP contribution < -0.4 is 0 Å². The van der Waals surface area contributed by atoms with Crippen molar-refractivity contribution < 1.29 is 14.3 Å². The summed E-state index contributed by atoms with van der Waals surface area (Å²) in [6.45, 7) is 5.41. The average molecular weight is 247 g/mol. The van der Waals surface area contributed by atoms with Crippen molar-refractivity contribution in [2.45, 2.75) is 38.8 Å². The molecule has 1 atom stereocenters. The highest BCUT2D eigenvalue weighted by Gasteiger charge is 2.24. The number of carbonyl (C=O) groups excluding carboxylic acids is 2. The Morgan fingerprint density at radius 3 is 2.44 bits per heavy atom. The van der Waals surface area contributed by atoms with E-state index in [2.05, 4.69) is 0 Å². The number of likely N-dealkylation sites (N-methyl/N-ethyl adjacent to an activating group) is 1. The van der Waals surface area contributed by atoms with Gasteiger partial charge in [0.2, 0.25) is 0 Å². The van der Waals surface area contributed by atoms with Gasteiger partial charge in [0, 0.05) is 7.05 Å². The first kappa shape index (κ1) is 15.3. The molecule has 0 saturated heterocycles. The van der Waals surface area contributed by atoms with Crippen molar-refractivity contribution in [3.63, 3.8) is 0 Å². The smallest absolute Gasteiger partial charge is 0.410 e. The Balaban J connectivity index is 4.32. The first-order chi connectivity index (χ1) is 7.31. The molecular weight excluding hydrogens is 226 g/mol. The minimum Gasteiger partial charge on any atom is -0.444 e. The maximum absolute atomic E-state index is 11.7. The molecule has 16 heavy (non-hydrogen) atoms. The van der Waals surface area contributed by atoms with Crippen molar-refractivity contribution in [2.24, 2.45) is 0 Å². The van der Waals surface area contributed by atoms with Crippen LogP contribution in [0.2, 0.25) is 0 Å². The standard InChI is InChI=1S/C11H21NO3S/c1-11(2,3)15-10(14)12(4)9(8-13)6-7-16-5/h8-9H,6-7H2,1-5H3. The molecule has 5 heteroatoms. The molecule has 0 aromatic heterocycles. The van der Waals surface area contributed by atoms with E-state index in [4.69, 9.17) is 4.74 Å². The summed E-state index contributed by atoms with van der Waals surface area (Å²) in [6, 6.07) is -0.401. The van der Waals surface area contributed by atoms with E-state index < -0.39 is 17.7 Å². The van der Waals surface area contributed by atoms with Crippen LogP contribution in [0.1, 0.15) is 27.2 Å². The molecule has 0 N–H and O–H groups in total. The van der Waals surface area contributed by atoms with Crippen molar-refractivity contribution in [2.75, 3.05) is 19.1 Å². The van der Waals surface area contributed by atoms with E-state index in [-0.39, 0.29) is 0 Å². The molecule has 1 unspecified atom stereocenters. The molecule has 0 spiro atoms. The van der Waals surface area contributed by atoms with E-state index in [1.54, 1.807) is 39.6 Å². The zero-order valence-electron chi connectivity index (χ0n) is 10.6. The Hall–Kier alpha value is -0.710. The molecule has 0 aliphatic heterocycles. The fraction of sp³-hybridized carbons (Fsp3) is 0.818. The van der Waals surface area contributed by atoms with Crippen molar-refractivity contribution in [1.29, 1.82) is 0 Å². The first-order valence-corrected chi connectivity index (χ1v) is 6.61. The predicted octanol–water partition coefficient (Wildman–Crippen LogP) is 2.17. The Labute approximate surface area is 102 Å². The summed E-state index contributed by atoms with van der Waals surface area (Å²) in [6.07, 6.45) is 2.96. The largest absolute Gasteiger partial charge is 0.444 e. The molecule has 0 aromatic carbocycles. The van der Waals surface area contributed by atoms with Crippen molar-refractivity contribution in [3.05, 3.63) is 0 Å². The van der Waals surface area contributed by atoms with Gasteiger partial charge in [0.05, 0.1) is 6.04 Å². The average Bonchev–Trinajstić information content (AvgIpc) is 2.16. The number of hydrogen-bond acceptors (Lipinski definition) is 4. The Kier molecular flexibility index (Phi) is 6.48. The molecule has 0 heterocycles. The topological polar surface area (TPSA) is 46.6 Å². The van der Waals surface area contributed by atoms with Gasteiger partial charge in [-0.25, -0.2) is 4.79 Å². The number of thioether (sulfide) groups is 1. The van der Waals surface area contributed by atoms with Gasteiger partial charge < -0.3 is 14.4 Å². The van der Waals surface area contributed by atoms with Crippen LogP contribution in [0.15, 0.2) is 0 Å². The highest BCUT2D eigenvalue weighted by atomic mass is 32.2. The SMILES string of the molecule is CSCCC(C=O)N(C)C(=O)OC(C)(C)C. The third-order valence-electron chi connectivity index (χ3n) is 1.95. The minimum atomic E-state index is -0.529. The summed E-state index contributed by atoms with van der Waals surface area (Å²) in [7, 11) is 1.59. The second-order valence-corrected chi connectivity index (χ2v) is 5.56. The fourth-order valence-electron chi connectivity index (χ4n) is 1.06. The molecule has 0 bridgehead atoms. The molecule has 0 aliphatic carbocycles. The monoisotopic (exact) mass is 247 g/mol. The number of carbonyl (C=O) groups is 2. The Morgan fingerprint density at radius 2 is 2.06 bits per heavy atom. The molecule has 0 aromatic rings. The van der Waals surface area contributed by atoms with Gasteiger partial charge in [0.1, 0.15) is 11.9 Å². The molecule has 4 nitrogen and oxygen atoms in total. The third kappa shape index (κ3) is 6.00. The van der Waals surface area contributed by atoms with Gasteiger partial charge in [-0.3, -0.25) is 0 Å². The molecule has 94 valence electrons. The summed E-state index contributed by atoms with van der Waals surface area (Å²) in [4.78, 5) is 23.9. The van der Waals surface area contributed by atoms with Crippen molar-refractivity contribution >= 4 is 24.1 Å². The van der Waals surface area contributed by atoms with Crippen LogP contribution in [0.3, 0.4) is 0 Å². The number of aldehydes is 1. The molecule has 0 rings (SSSR count). The van der Waals surface area contributed by atoms with Crippen LogP contribution in [0.5, 0.6) is 0 Å². The van der Waals surface area contributed by atoms with Gasteiger partial charge >= 0.3 is 6.09 Å². The van der Waals surface area contributed by atoms with E-state index >= 15 is 0 Å². The lowest BCUT2D eigenvalue weighted by atomic mass is 10.2. The quantitative estimate of drug-likeness (QED) is 0.699. The van der Waals surface area contributed by atoms with Gasteiger partial charge in [-0.05, 0) is 39.2 Å². The predicted molar refractivity (Wildman–Crippen MR) is 66.8 cm³/mol. The summed E-state index contributed by atoms with van der Waals surface area (Å²) in [5.74, 6) is 0.844. The molecule has 0 saturated carbocycles. The maximum atomic E-state index is 11.7. The Bertz CT molecular complexity index is 238. The highest BCUT2D eigenvalue weighted by Crippen LogP contribution is 2.12. The van der Waals surface area contributed by atoms with Crippen molar-refractivity contribution in [1.82, 2.24) is 4.90 Å². The van der Waals surface area contributed by atoms with E-state index in [9.17, 15) is 9.59 Å². The molecular formula is C11H21NO3S. The van der Waals surface area contributed by atoms with Crippen LogP contribution in [0.4, 0.5) is 4.79 Å². The summed E-state index contributed by atoms with van der Waals surface area (Å²) >= 11 is 1.65. The number of nitrogens with zero attached hydrogens (tertiary/aromatic N) is 1. The summed E-state index contributed by atoms with van der Waals surface area (Å²) in [5, 5.41) is 0. The highest BCUT2D eigenvalue weighted by molar-refractivity contribution is 7.98. The minimum absolute atomic E-state index is 0.401. The second-order valence-electron chi connectivity index (χ2n) is 4.58. The molecule has 0 fully saturated rings. The van der Waals surface area contributed by atoms with Crippen LogP contribution >= 0.6 is 11.8 Å². The van der Waals surface area contributed by atoms with E-state index in [1.807, 2.05) is 6.26 Å². The lowest BCUT2D eigenvalue weighted by Gasteiger charge is -2.27. The molecule has 0 aliphatic rings. The lowest BCUT2D eigenvalue weighted by molar-refractivity contribution is -0.112. The fourth-order valence-corrected chi connectivity index (χ4v) is 1.54. The third-order valence-corrected chi connectivity index (χ3v) is 2.60. The molecule has 1 amide bonds. The zero-order valence-corrected chi connectivity index (χ0v) is 11.5. The first-order valence-electron chi connectivity index (χ1n) is 5.22. The normalized spacial score (nSPS) is 13.1. The van der Waals surface area contributed by atoms with E-state index in [1.165, 1.54) is 4.90 Å². The summed E-state index contributed by atoms with van der Waals surface area (Å²) in [5.41, 5.74) is -0.529. The Morgan fingerprint density at radius 1 is 1.50 bits per heavy atom. The number of hydrogen-bond donors (Lipinski definition) is 0.